The van der Waals surface area contributed by atoms with Gasteiger partial charge in [0.25, 0.3) is 5.91 Å². The molecule has 1 aromatic heterocycles. The largest absolute Gasteiger partial charge is 0.451 e. The lowest BCUT2D eigenvalue weighted by Crippen LogP contribution is -2.44. The second-order valence-corrected chi connectivity index (χ2v) is 10.1. The molecule has 7 nitrogen and oxygen atoms in total. The molecule has 0 radical (unpaired) electrons. The SMILES string of the molecule is O=C(NCC(C(=O)NCCNc1ccc(OC(F)F)cc1)C1CCCCC1)c1ccc(-c2cccc(C(F)(F)F)c2)o1. The van der Waals surface area contributed by atoms with Crippen LogP contribution in [-0.4, -0.2) is 38.1 Å². The molecule has 0 aliphatic heterocycles. The minimum Gasteiger partial charge on any atom is -0.451 e. The number of nitrogens with one attached hydrogen (secondary N) is 3. The van der Waals surface area contributed by atoms with Gasteiger partial charge in [0.15, 0.2) is 5.76 Å². The van der Waals surface area contributed by atoms with E-state index in [0.29, 0.717) is 18.8 Å². The first-order valence-electron chi connectivity index (χ1n) is 13.7. The van der Waals surface area contributed by atoms with Crippen molar-refractivity contribution in [2.24, 2.45) is 11.8 Å². The van der Waals surface area contributed by atoms with Crippen LogP contribution in [0.2, 0.25) is 0 Å². The second kappa shape index (κ2) is 14.2. The summed E-state index contributed by atoms with van der Waals surface area (Å²) >= 11 is 0. The Morgan fingerprint density at radius 1 is 0.929 bits per heavy atom. The molecular formula is C30H32F5N3O4. The highest BCUT2D eigenvalue weighted by Gasteiger charge is 2.31. The van der Waals surface area contributed by atoms with Crippen LogP contribution in [0.15, 0.2) is 65.1 Å². The van der Waals surface area contributed by atoms with Gasteiger partial charge in [0.1, 0.15) is 11.5 Å². The number of alkyl halides is 5. The van der Waals surface area contributed by atoms with Gasteiger partial charge in [-0.15, -0.1) is 0 Å². The summed E-state index contributed by atoms with van der Waals surface area (Å²) in [7, 11) is 0. The third-order valence-electron chi connectivity index (χ3n) is 7.18. The maximum Gasteiger partial charge on any atom is 0.416 e. The average molecular weight is 594 g/mol. The summed E-state index contributed by atoms with van der Waals surface area (Å²) in [5.74, 6) is -1.06. The van der Waals surface area contributed by atoms with Crippen molar-refractivity contribution in [2.75, 3.05) is 25.0 Å². The number of hydrogen-bond donors (Lipinski definition) is 3. The third kappa shape index (κ3) is 8.70. The van der Waals surface area contributed by atoms with Crippen LogP contribution in [0.3, 0.4) is 0 Å². The van der Waals surface area contributed by atoms with E-state index in [4.69, 9.17) is 4.42 Å². The molecule has 226 valence electrons. The van der Waals surface area contributed by atoms with E-state index >= 15 is 0 Å². The quantitative estimate of drug-likeness (QED) is 0.160. The van der Waals surface area contributed by atoms with Gasteiger partial charge in [-0.1, -0.05) is 31.4 Å². The first-order valence-corrected chi connectivity index (χ1v) is 13.7. The van der Waals surface area contributed by atoms with Gasteiger partial charge in [0.2, 0.25) is 5.91 Å². The minimum absolute atomic E-state index is 0.0441. The summed E-state index contributed by atoms with van der Waals surface area (Å²) in [5, 5.41) is 8.76. The van der Waals surface area contributed by atoms with Gasteiger partial charge in [-0.2, -0.15) is 22.0 Å². The van der Waals surface area contributed by atoms with Crippen LogP contribution in [0.1, 0.15) is 48.2 Å². The summed E-state index contributed by atoms with van der Waals surface area (Å²) in [4.78, 5) is 26.0. The molecule has 1 saturated carbocycles. The van der Waals surface area contributed by atoms with Gasteiger partial charge in [-0.05, 0) is 67.3 Å². The molecule has 1 heterocycles. The molecule has 2 aromatic carbocycles. The number of amides is 2. The molecule has 4 rings (SSSR count). The number of carbonyl (C=O) groups excluding carboxylic acids is 2. The molecule has 3 N–H and O–H groups in total. The van der Waals surface area contributed by atoms with E-state index in [1.807, 2.05) is 0 Å². The Morgan fingerprint density at radius 2 is 1.67 bits per heavy atom. The molecule has 0 bridgehead atoms. The molecule has 0 spiro atoms. The fourth-order valence-corrected chi connectivity index (χ4v) is 5.04. The van der Waals surface area contributed by atoms with Gasteiger partial charge >= 0.3 is 12.8 Å². The molecule has 1 fully saturated rings. The Kier molecular flexibility index (Phi) is 10.4. The highest BCUT2D eigenvalue weighted by atomic mass is 19.4. The zero-order valence-corrected chi connectivity index (χ0v) is 22.7. The van der Waals surface area contributed by atoms with Crippen molar-refractivity contribution >= 4 is 17.5 Å². The molecule has 3 aromatic rings. The van der Waals surface area contributed by atoms with Crippen LogP contribution < -0.4 is 20.7 Å². The lowest BCUT2D eigenvalue weighted by Gasteiger charge is -2.29. The molecule has 1 atom stereocenters. The normalized spacial score (nSPS) is 14.8. The van der Waals surface area contributed by atoms with Crippen LogP contribution >= 0.6 is 0 Å². The molecule has 1 aliphatic rings. The predicted molar refractivity (Wildman–Crippen MR) is 146 cm³/mol. The fraction of sp³-hybridized carbons (Fsp3) is 0.400. The summed E-state index contributed by atoms with van der Waals surface area (Å²) in [5.41, 5.74) is 0.0376. The van der Waals surface area contributed by atoms with Crippen molar-refractivity contribution in [1.29, 1.82) is 0 Å². The fourth-order valence-electron chi connectivity index (χ4n) is 5.04. The molecule has 12 heteroatoms. The van der Waals surface area contributed by atoms with Crippen LogP contribution in [0, 0.1) is 11.8 Å². The maximum absolute atomic E-state index is 13.2. The van der Waals surface area contributed by atoms with E-state index in [9.17, 15) is 31.5 Å². The summed E-state index contributed by atoms with van der Waals surface area (Å²) in [6.07, 6.45) is 0.292. The van der Waals surface area contributed by atoms with Crippen LogP contribution in [0.4, 0.5) is 27.6 Å². The standard InChI is InChI=1S/C30H32F5N3O4/c31-29(32)41-23-11-9-22(10-12-23)36-15-16-37-27(39)24(19-5-2-1-3-6-19)18-38-28(40)26-14-13-25(42-26)20-7-4-8-21(17-20)30(33,34)35/h4,7-14,17,19,24,29,36H,1-3,5-6,15-16,18H2,(H,37,39)(H,38,40). The van der Waals surface area contributed by atoms with E-state index in [0.717, 1.165) is 44.2 Å². The number of rotatable bonds is 12. The zero-order valence-electron chi connectivity index (χ0n) is 22.7. The Bertz CT molecular complexity index is 1320. The number of halogens is 5. The van der Waals surface area contributed by atoms with Crippen LogP contribution in [0.25, 0.3) is 11.3 Å². The molecule has 1 unspecified atom stereocenters. The van der Waals surface area contributed by atoms with Crippen LogP contribution in [0.5, 0.6) is 5.75 Å². The predicted octanol–water partition coefficient (Wildman–Crippen LogP) is 6.72. The third-order valence-corrected chi connectivity index (χ3v) is 7.18. The number of furan rings is 1. The van der Waals surface area contributed by atoms with Crippen molar-refractivity contribution in [3.63, 3.8) is 0 Å². The second-order valence-electron chi connectivity index (χ2n) is 10.1. The van der Waals surface area contributed by atoms with E-state index in [2.05, 4.69) is 20.7 Å². The van der Waals surface area contributed by atoms with E-state index in [-0.39, 0.29) is 41.2 Å². The van der Waals surface area contributed by atoms with Gasteiger partial charge in [0.05, 0.1) is 11.5 Å². The summed E-state index contributed by atoms with van der Waals surface area (Å²) in [6.45, 7) is -2.14. The summed E-state index contributed by atoms with van der Waals surface area (Å²) < 4.78 is 73.7. The van der Waals surface area contributed by atoms with Crippen molar-refractivity contribution in [3.8, 4) is 17.1 Å². The van der Waals surface area contributed by atoms with Gasteiger partial charge in [-0.25, -0.2) is 0 Å². The molecule has 42 heavy (non-hydrogen) atoms. The van der Waals surface area contributed by atoms with E-state index in [1.165, 1.54) is 36.4 Å². The Morgan fingerprint density at radius 3 is 2.36 bits per heavy atom. The zero-order chi connectivity index (χ0) is 30.1. The molecule has 1 aliphatic carbocycles. The number of carbonyl (C=O) groups is 2. The molecule has 2 amide bonds. The Labute approximate surface area is 239 Å². The van der Waals surface area contributed by atoms with Crippen molar-refractivity contribution in [3.05, 3.63) is 72.0 Å². The number of hydrogen-bond acceptors (Lipinski definition) is 5. The Balaban J connectivity index is 1.31. The highest BCUT2D eigenvalue weighted by Crippen LogP contribution is 2.33. The van der Waals surface area contributed by atoms with Crippen molar-refractivity contribution < 1.29 is 40.7 Å². The monoisotopic (exact) mass is 593 g/mol. The Hall–Kier alpha value is -4.09. The van der Waals surface area contributed by atoms with Crippen molar-refractivity contribution in [1.82, 2.24) is 10.6 Å². The lowest BCUT2D eigenvalue weighted by atomic mass is 9.79. The first kappa shape index (κ1) is 30.9. The molecular weight excluding hydrogens is 561 g/mol. The highest BCUT2D eigenvalue weighted by molar-refractivity contribution is 5.92. The lowest BCUT2D eigenvalue weighted by molar-refractivity contribution is -0.137. The van der Waals surface area contributed by atoms with Gasteiger partial charge in [0, 0.05) is 30.9 Å². The molecule has 0 saturated heterocycles. The van der Waals surface area contributed by atoms with Gasteiger partial charge in [-0.3, -0.25) is 9.59 Å². The topological polar surface area (TPSA) is 92.6 Å². The summed E-state index contributed by atoms with van der Waals surface area (Å²) in [6, 6.07) is 13.5. The van der Waals surface area contributed by atoms with E-state index < -0.39 is 30.2 Å². The first-order chi connectivity index (χ1) is 20.1. The maximum atomic E-state index is 13.2. The number of anilines is 1. The number of benzene rings is 2. The smallest absolute Gasteiger partial charge is 0.416 e. The van der Waals surface area contributed by atoms with Crippen molar-refractivity contribution in [2.45, 2.75) is 44.9 Å². The average Bonchev–Trinajstić information content (AvgIpc) is 3.47. The minimum atomic E-state index is -4.51. The van der Waals surface area contributed by atoms with E-state index in [1.54, 1.807) is 12.1 Å². The van der Waals surface area contributed by atoms with Gasteiger partial charge < -0.3 is 25.1 Å². The number of ether oxygens (including phenoxy) is 1. The van der Waals surface area contributed by atoms with Crippen LogP contribution in [-0.2, 0) is 11.0 Å².